The van der Waals surface area contributed by atoms with Crippen LogP contribution in [-0.2, 0) is 4.79 Å². The van der Waals surface area contributed by atoms with Crippen LogP contribution in [0.15, 0.2) is 52.9 Å². The van der Waals surface area contributed by atoms with Gasteiger partial charge in [0, 0.05) is 11.9 Å². The van der Waals surface area contributed by atoms with E-state index in [0.29, 0.717) is 13.2 Å². The molecule has 2 atom stereocenters. The Morgan fingerprint density at radius 1 is 1.13 bits per heavy atom. The van der Waals surface area contributed by atoms with Crippen molar-refractivity contribution in [2.75, 3.05) is 26.3 Å². The average Bonchev–Trinajstić information content (AvgIpc) is 3.44. The number of hydrogen-bond acceptors (Lipinski definition) is 5. The van der Waals surface area contributed by atoms with Gasteiger partial charge in [0.05, 0.1) is 18.6 Å². The number of rotatable bonds is 5. The number of benzene rings is 2. The molecule has 2 aliphatic rings. The summed E-state index contributed by atoms with van der Waals surface area (Å²) in [6.45, 7) is 4.22. The number of hydrogen-bond donors (Lipinski definition) is 1. The molecule has 2 aromatic carbocycles. The molecular formula is C24H26N2O4. The van der Waals surface area contributed by atoms with Crippen molar-refractivity contribution in [2.45, 2.75) is 31.8 Å². The minimum absolute atomic E-state index is 0.0447. The molecule has 1 saturated heterocycles. The van der Waals surface area contributed by atoms with E-state index in [1.165, 1.54) is 0 Å². The maximum absolute atomic E-state index is 13.0. The molecule has 30 heavy (non-hydrogen) atoms. The first kappa shape index (κ1) is 19.0. The summed E-state index contributed by atoms with van der Waals surface area (Å²) >= 11 is 0. The molecule has 1 aromatic heterocycles. The summed E-state index contributed by atoms with van der Waals surface area (Å²) in [5.41, 5.74) is 1.97. The van der Waals surface area contributed by atoms with E-state index < -0.39 is 0 Å². The second kappa shape index (κ2) is 8.03. The second-order valence-corrected chi connectivity index (χ2v) is 7.94. The van der Waals surface area contributed by atoms with Crippen molar-refractivity contribution in [3.8, 4) is 11.5 Å². The Hall–Kier alpha value is -2.99. The first-order chi connectivity index (χ1) is 14.7. The second-order valence-electron chi connectivity index (χ2n) is 7.94. The van der Waals surface area contributed by atoms with Gasteiger partial charge in [-0.05, 0) is 49.6 Å². The number of likely N-dealkylation sites (tertiary alicyclic amines) is 1. The first-order valence-corrected chi connectivity index (χ1v) is 10.6. The molecule has 0 saturated carbocycles. The number of carbonyl (C=O) groups excluding carboxylic acids is 1. The van der Waals surface area contributed by atoms with E-state index in [1.807, 2.05) is 60.4 Å². The summed E-state index contributed by atoms with van der Waals surface area (Å²) < 4.78 is 17.3. The van der Waals surface area contributed by atoms with Crippen LogP contribution in [0, 0.1) is 0 Å². The number of ether oxygens (including phenoxy) is 2. The van der Waals surface area contributed by atoms with Gasteiger partial charge in [0.2, 0.25) is 5.91 Å². The highest BCUT2D eigenvalue weighted by Crippen LogP contribution is 2.38. The van der Waals surface area contributed by atoms with Crippen LogP contribution in [0.3, 0.4) is 0 Å². The van der Waals surface area contributed by atoms with Gasteiger partial charge in [-0.15, -0.1) is 0 Å². The van der Waals surface area contributed by atoms with E-state index in [0.717, 1.165) is 53.2 Å². The molecule has 156 valence electrons. The van der Waals surface area contributed by atoms with Gasteiger partial charge in [0.25, 0.3) is 0 Å². The molecule has 3 aromatic rings. The zero-order chi connectivity index (χ0) is 20.5. The Kier molecular flexibility index (Phi) is 5.09. The molecular weight excluding hydrogens is 380 g/mol. The van der Waals surface area contributed by atoms with E-state index in [9.17, 15) is 4.79 Å². The Labute approximate surface area is 175 Å². The van der Waals surface area contributed by atoms with Crippen LogP contribution < -0.4 is 14.8 Å². The van der Waals surface area contributed by atoms with Crippen LogP contribution in [0.5, 0.6) is 11.5 Å². The summed E-state index contributed by atoms with van der Waals surface area (Å²) in [6.07, 6.45) is 1.97. The lowest BCUT2D eigenvalue weighted by Crippen LogP contribution is -2.38. The molecule has 0 aliphatic carbocycles. The highest BCUT2D eigenvalue weighted by molar-refractivity contribution is 5.79. The molecule has 2 unspecified atom stereocenters. The lowest BCUT2D eigenvalue weighted by Gasteiger charge is -2.27. The van der Waals surface area contributed by atoms with Gasteiger partial charge in [-0.3, -0.25) is 10.1 Å². The summed E-state index contributed by atoms with van der Waals surface area (Å²) in [7, 11) is 0. The Morgan fingerprint density at radius 3 is 2.83 bits per heavy atom. The van der Waals surface area contributed by atoms with Crippen molar-refractivity contribution in [1.82, 2.24) is 10.2 Å². The van der Waals surface area contributed by atoms with Crippen LogP contribution in [0.4, 0.5) is 0 Å². The van der Waals surface area contributed by atoms with Crippen LogP contribution in [-0.4, -0.2) is 37.1 Å². The zero-order valence-electron chi connectivity index (χ0n) is 17.1. The Bertz CT molecular complexity index is 1030. The lowest BCUT2D eigenvalue weighted by atomic mass is 10.0. The van der Waals surface area contributed by atoms with E-state index in [4.69, 9.17) is 13.9 Å². The predicted octanol–water partition coefficient (Wildman–Crippen LogP) is 4.22. The summed E-state index contributed by atoms with van der Waals surface area (Å²) in [5, 5.41) is 4.40. The largest absolute Gasteiger partial charge is 0.486 e. The molecule has 2 aliphatic heterocycles. The van der Waals surface area contributed by atoms with E-state index >= 15 is 0 Å². The van der Waals surface area contributed by atoms with E-state index in [2.05, 4.69) is 5.32 Å². The van der Waals surface area contributed by atoms with Gasteiger partial charge >= 0.3 is 0 Å². The first-order valence-electron chi connectivity index (χ1n) is 10.6. The predicted molar refractivity (Wildman–Crippen MR) is 114 cm³/mol. The number of nitrogens with one attached hydrogen (secondary N) is 1. The smallest absolute Gasteiger partial charge is 0.237 e. The van der Waals surface area contributed by atoms with Gasteiger partial charge in [0.15, 0.2) is 11.5 Å². The molecule has 0 radical (unpaired) electrons. The monoisotopic (exact) mass is 406 g/mol. The van der Waals surface area contributed by atoms with Gasteiger partial charge in [-0.25, -0.2) is 0 Å². The minimum Gasteiger partial charge on any atom is -0.486 e. The molecule has 6 nitrogen and oxygen atoms in total. The summed E-state index contributed by atoms with van der Waals surface area (Å²) in [4.78, 5) is 15.0. The third kappa shape index (κ3) is 3.63. The van der Waals surface area contributed by atoms with Gasteiger partial charge in [-0.1, -0.05) is 24.3 Å². The highest BCUT2D eigenvalue weighted by atomic mass is 16.6. The molecule has 1 fully saturated rings. The number of para-hydroxylation sites is 1. The van der Waals surface area contributed by atoms with Gasteiger partial charge in [-0.2, -0.15) is 0 Å². The molecule has 0 bridgehead atoms. The van der Waals surface area contributed by atoms with Gasteiger partial charge < -0.3 is 18.8 Å². The van der Waals surface area contributed by atoms with E-state index in [-0.39, 0.29) is 24.5 Å². The van der Waals surface area contributed by atoms with Gasteiger partial charge in [0.1, 0.15) is 24.6 Å². The number of amides is 1. The lowest BCUT2D eigenvalue weighted by molar-refractivity contribution is -0.131. The number of nitrogens with zero attached hydrogens (tertiary/aromatic N) is 1. The zero-order valence-corrected chi connectivity index (χ0v) is 17.1. The van der Waals surface area contributed by atoms with Crippen molar-refractivity contribution < 1.29 is 18.7 Å². The summed E-state index contributed by atoms with van der Waals surface area (Å²) in [5.74, 6) is 2.50. The van der Waals surface area contributed by atoms with Crippen LogP contribution in [0.1, 0.15) is 43.2 Å². The fourth-order valence-corrected chi connectivity index (χ4v) is 4.34. The van der Waals surface area contributed by atoms with Crippen LogP contribution in [0.2, 0.25) is 0 Å². The highest BCUT2D eigenvalue weighted by Gasteiger charge is 2.31. The Morgan fingerprint density at radius 2 is 1.97 bits per heavy atom. The summed E-state index contributed by atoms with van der Waals surface area (Å²) in [6, 6.07) is 16.0. The van der Waals surface area contributed by atoms with Crippen molar-refractivity contribution in [1.29, 1.82) is 0 Å². The minimum atomic E-state index is -0.0447. The number of furan rings is 1. The van der Waals surface area contributed by atoms with Crippen molar-refractivity contribution in [2.24, 2.45) is 0 Å². The normalized spacial score (nSPS) is 19.2. The van der Waals surface area contributed by atoms with Crippen molar-refractivity contribution >= 4 is 16.9 Å². The van der Waals surface area contributed by atoms with Crippen molar-refractivity contribution in [3.63, 3.8) is 0 Å². The van der Waals surface area contributed by atoms with Crippen LogP contribution in [0.25, 0.3) is 11.0 Å². The van der Waals surface area contributed by atoms with Crippen LogP contribution >= 0.6 is 0 Å². The topological polar surface area (TPSA) is 63.9 Å². The third-order valence-corrected chi connectivity index (χ3v) is 5.95. The number of fused-ring (bicyclic) bond motifs is 2. The third-order valence-electron chi connectivity index (χ3n) is 5.95. The molecule has 5 rings (SSSR count). The quantitative estimate of drug-likeness (QED) is 0.687. The standard InChI is InChI=1S/C24H26N2O4/c1-16(22-14-18-5-2-3-7-20(18)30-22)25-15-24(27)26-10-4-6-19(26)17-8-9-21-23(13-17)29-12-11-28-21/h2-3,5,7-9,13-14,16,19,25H,4,6,10-12,15H2,1H3. The molecule has 0 spiro atoms. The SMILES string of the molecule is CC(NCC(=O)N1CCCC1c1ccc2c(c1)OCCO2)c1cc2ccccc2o1. The fourth-order valence-electron chi connectivity index (χ4n) is 4.34. The molecule has 3 heterocycles. The molecule has 6 heteroatoms. The number of carbonyl (C=O) groups is 1. The molecule has 1 amide bonds. The maximum atomic E-state index is 13.0. The van der Waals surface area contributed by atoms with Crippen molar-refractivity contribution in [3.05, 3.63) is 59.9 Å². The fraction of sp³-hybridized carbons (Fsp3) is 0.375. The average molecular weight is 406 g/mol. The van der Waals surface area contributed by atoms with E-state index in [1.54, 1.807) is 0 Å². The maximum Gasteiger partial charge on any atom is 0.237 e. The Balaban J connectivity index is 1.25. The molecule has 1 N–H and O–H groups in total.